The van der Waals surface area contributed by atoms with Gasteiger partial charge in [0.25, 0.3) is 0 Å². The second kappa shape index (κ2) is 10.2. The molecule has 2 bridgehead atoms. The third kappa shape index (κ3) is 5.42. The number of halogens is 1. The molecule has 3 heterocycles. The highest BCUT2D eigenvalue weighted by atomic mass is 35.5. The fraction of sp³-hybridized carbons (Fsp3) is 0.310. The number of hydrogen-bond acceptors (Lipinski definition) is 4. The van der Waals surface area contributed by atoms with Gasteiger partial charge in [-0.05, 0) is 29.8 Å². The van der Waals surface area contributed by atoms with E-state index in [2.05, 4.69) is 5.32 Å². The molecule has 0 amide bonds. The number of nitrogens with one attached hydrogen (secondary N) is 1. The van der Waals surface area contributed by atoms with E-state index in [0.29, 0.717) is 34.1 Å². The third-order valence-corrected chi connectivity index (χ3v) is 7.62. The lowest BCUT2D eigenvalue weighted by Gasteiger charge is -2.51. The number of carbonyl (C=O) groups is 2. The number of hydrogen-bond donors (Lipinski definition) is 1. The minimum atomic E-state index is -0.601. The van der Waals surface area contributed by atoms with E-state index in [0.717, 1.165) is 37.2 Å². The van der Waals surface area contributed by atoms with Crippen LogP contribution in [0.5, 0.6) is 0 Å². The lowest BCUT2D eigenvalue weighted by molar-refractivity contribution is -0.938. The molecule has 3 fully saturated rings. The van der Waals surface area contributed by atoms with Crippen LogP contribution in [0.25, 0.3) is 0 Å². The van der Waals surface area contributed by atoms with Gasteiger partial charge in [-0.25, -0.2) is 4.79 Å². The highest BCUT2D eigenvalue weighted by Crippen LogP contribution is 2.37. The average Bonchev–Trinajstić information content (AvgIpc) is 2.89. The summed E-state index contributed by atoms with van der Waals surface area (Å²) in [6.45, 7) is 2.96. The van der Waals surface area contributed by atoms with E-state index < -0.39 is 6.04 Å². The van der Waals surface area contributed by atoms with Gasteiger partial charge in [-0.2, -0.15) is 0 Å². The number of ketones is 1. The standard InChI is InChI=1S/C29H30ClN2O3/c30-24-11-7-10-23(18-24)26(33)19-32-16-14-21(15-17-32)27(20-32)35-29(34)28(22-8-3-1-4-9-22)31-25-12-5-2-6-13-25/h1-13,18,21,27-28,31H,14-17,19-20H2/q+1/t21?,27-,28+,32?/m0/s1. The Hall–Kier alpha value is -3.15. The summed E-state index contributed by atoms with van der Waals surface area (Å²) >= 11 is 6.11. The topological polar surface area (TPSA) is 55.4 Å². The van der Waals surface area contributed by atoms with Gasteiger partial charge in [0, 0.05) is 35.0 Å². The van der Waals surface area contributed by atoms with Crippen molar-refractivity contribution in [3.8, 4) is 0 Å². The van der Waals surface area contributed by atoms with Gasteiger partial charge in [0.15, 0.2) is 12.1 Å². The predicted molar refractivity (Wildman–Crippen MR) is 137 cm³/mol. The summed E-state index contributed by atoms with van der Waals surface area (Å²) in [7, 11) is 0. The average molecular weight is 490 g/mol. The zero-order valence-electron chi connectivity index (χ0n) is 19.6. The second-order valence-corrected chi connectivity index (χ2v) is 10.2. The Labute approximate surface area is 211 Å². The Balaban J connectivity index is 1.31. The van der Waals surface area contributed by atoms with E-state index >= 15 is 0 Å². The number of fused-ring (bicyclic) bond motifs is 3. The zero-order chi connectivity index (χ0) is 24.3. The first-order valence-corrected chi connectivity index (χ1v) is 12.6. The molecule has 0 radical (unpaired) electrons. The Bertz CT molecular complexity index is 1180. The van der Waals surface area contributed by atoms with Crippen molar-refractivity contribution in [2.24, 2.45) is 5.92 Å². The summed E-state index contributed by atoms with van der Waals surface area (Å²) in [5, 5.41) is 3.92. The number of anilines is 1. The summed E-state index contributed by atoms with van der Waals surface area (Å²) in [6.07, 6.45) is 1.73. The van der Waals surface area contributed by atoms with Crippen molar-refractivity contribution in [1.29, 1.82) is 0 Å². The van der Waals surface area contributed by atoms with Crippen LogP contribution in [0.4, 0.5) is 5.69 Å². The summed E-state index contributed by atoms with van der Waals surface area (Å²) in [4.78, 5) is 26.6. The van der Waals surface area contributed by atoms with Crippen LogP contribution in [0.3, 0.4) is 0 Å². The summed E-state index contributed by atoms with van der Waals surface area (Å²) in [5.74, 6) is 0.150. The molecule has 35 heavy (non-hydrogen) atoms. The van der Waals surface area contributed by atoms with E-state index in [1.807, 2.05) is 72.8 Å². The van der Waals surface area contributed by atoms with Crippen molar-refractivity contribution in [1.82, 2.24) is 0 Å². The maximum atomic E-state index is 13.5. The molecule has 3 aromatic rings. The van der Waals surface area contributed by atoms with Crippen LogP contribution in [0.2, 0.25) is 5.02 Å². The lowest BCUT2D eigenvalue weighted by Crippen LogP contribution is -2.65. The first-order chi connectivity index (χ1) is 17.0. The molecule has 180 valence electrons. The summed E-state index contributed by atoms with van der Waals surface area (Å²) in [5.41, 5.74) is 2.37. The normalized spacial score (nSPS) is 23.9. The third-order valence-electron chi connectivity index (χ3n) is 7.39. The highest BCUT2D eigenvalue weighted by molar-refractivity contribution is 6.31. The van der Waals surface area contributed by atoms with Crippen molar-refractivity contribution < 1.29 is 18.8 Å². The molecule has 0 aromatic heterocycles. The molecule has 0 spiro atoms. The van der Waals surface area contributed by atoms with Crippen LogP contribution in [0.1, 0.15) is 34.8 Å². The number of para-hydroxylation sites is 1. The lowest BCUT2D eigenvalue weighted by atomic mass is 9.82. The van der Waals surface area contributed by atoms with Crippen molar-refractivity contribution in [3.63, 3.8) is 0 Å². The number of nitrogens with zero attached hydrogens (tertiary/aromatic N) is 1. The minimum Gasteiger partial charge on any atom is -0.454 e. The number of piperidine rings is 3. The quantitative estimate of drug-likeness (QED) is 0.257. The molecule has 3 saturated heterocycles. The van der Waals surface area contributed by atoms with Crippen LogP contribution >= 0.6 is 11.6 Å². The number of carbonyl (C=O) groups excluding carboxylic acids is 2. The van der Waals surface area contributed by atoms with Crippen LogP contribution in [-0.2, 0) is 9.53 Å². The molecule has 2 atom stereocenters. The SMILES string of the molecule is O=C(C[N+]12CCC(CC1)[C@@H](OC(=O)[C@H](Nc1ccccc1)c1ccccc1)C2)c1cccc(Cl)c1. The summed E-state index contributed by atoms with van der Waals surface area (Å²) < 4.78 is 6.86. The molecule has 5 nitrogen and oxygen atoms in total. The van der Waals surface area contributed by atoms with Crippen LogP contribution < -0.4 is 5.32 Å². The first kappa shape index (κ1) is 23.6. The second-order valence-electron chi connectivity index (χ2n) is 9.73. The molecule has 3 aliphatic rings. The molecule has 6 rings (SSSR count). The van der Waals surface area contributed by atoms with Gasteiger partial charge in [-0.3, -0.25) is 4.79 Å². The first-order valence-electron chi connectivity index (χ1n) is 12.2. The van der Waals surface area contributed by atoms with E-state index in [9.17, 15) is 9.59 Å². The molecule has 0 aliphatic carbocycles. The van der Waals surface area contributed by atoms with Gasteiger partial charge in [-0.15, -0.1) is 0 Å². The molecule has 3 aliphatic heterocycles. The molecule has 3 aromatic carbocycles. The Kier molecular flexibility index (Phi) is 6.89. The van der Waals surface area contributed by atoms with Crippen molar-refractivity contribution >= 4 is 29.0 Å². The highest BCUT2D eigenvalue weighted by Gasteiger charge is 2.49. The number of quaternary nitrogens is 1. The number of ether oxygens (including phenoxy) is 1. The smallest absolute Gasteiger partial charge is 0.333 e. The monoisotopic (exact) mass is 489 g/mol. The van der Waals surface area contributed by atoms with Crippen molar-refractivity contribution in [3.05, 3.63) is 101 Å². The molecular formula is C29H30ClN2O3+. The number of benzene rings is 3. The number of esters is 1. The zero-order valence-corrected chi connectivity index (χ0v) is 20.4. The summed E-state index contributed by atoms with van der Waals surface area (Å²) in [6, 6.07) is 25.9. The minimum absolute atomic E-state index is 0.0887. The molecule has 1 N–H and O–H groups in total. The van der Waals surface area contributed by atoms with Gasteiger partial charge in [0.1, 0.15) is 13.1 Å². The predicted octanol–water partition coefficient (Wildman–Crippen LogP) is 5.53. The molecular weight excluding hydrogens is 460 g/mol. The van der Waals surface area contributed by atoms with Crippen LogP contribution in [-0.4, -0.2) is 48.5 Å². The fourth-order valence-electron chi connectivity index (χ4n) is 5.48. The van der Waals surface area contributed by atoms with Gasteiger partial charge in [-0.1, -0.05) is 72.3 Å². The molecule has 0 saturated carbocycles. The maximum Gasteiger partial charge on any atom is 0.333 e. The van der Waals surface area contributed by atoms with Crippen LogP contribution in [0.15, 0.2) is 84.9 Å². The number of Topliss-reactive ketones (excluding diaryl/α,β-unsaturated/α-hetero) is 1. The van der Waals surface area contributed by atoms with E-state index in [4.69, 9.17) is 16.3 Å². The maximum absolute atomic E-state index is 13.5. The molecule has 6 heteroatoms. The largest absolute Gasteiger partial charge is 0.454 e. The van der Waals surface area contributed by atoms with Gasteiger partial charge >= 0.3 is 5.97 Å². The van der Waals surface area contributed by atoms with Crippen LogP contribution in [0, 0.1) is 5.92 Å². The fourth-order valence-corrected chi connectivity index (χ4v) is 5.67. The van der Waals surface area contributed by atoms with E-state index in [1.165, 1.54) is 0 Å². The van der Waals surface area contributed by atoms with Gasteiger partial charge < -0.3 is 14.5 Å². The van der Waals surface area contributed by atoms with Gasteiger partial charge in [0.05, 0.1) is 13.1 Å². The van der Waals surface area contributed by atoms with Crippen molar-refractivity contribution in [2.45, 2.75) is 25.0 Å². The number of rotatable bonds is 8. The Morgan fingerprint density at radius 3 is 2.31 bits per heavy atom. The Morgan fingerprint density at radius 2 is 1.63 bits per heavy atom. The van der Waals surface area contributed by atoms with E-state index in [-0.39, 0.29) is 17.9 Å². The van der Waals surface area contributed by atoms with Gasteiger partial charge in [0.2, 0.25) is 5.78 Å². The Morgan fingerprint density at radius 1 is 0.943 bits per heavy atom. The van der Waals surface area contributed by atoms with E-state index in [1.54, 1.807) is 12.1 Å². The molecule has 0 unspecified atom stereocenters. The van der Waals surface area contributed by atoms with Crippen molar-refractivity contribution in [2.75, 3.05) is 31.5 Å².